The van der Waals surface area contributed by atoms with E-state index in [1.165, 1.54) is 0 Å². The molecule has 0 aliphatic carbocycles. The molecular formula is C17H20F2N2. The highest BCUT2D eigenvalue weighted by atomic mass is 19.2. The maximum absolute atomic E-state index is 13.8. The van der Waals surface area contributed by atoms with Crippen LogP contribution < -0.4 is 5.32 Å². The molecule has 1 N–H and O–H groups in total. The Labute approximate surface area is 124 Å². The third kappa shape index (κ3) is 4.60. The lowest BCUT2D eigenvalue weighted by molar-refractivity contribution is 0.460. The molecule has 0 radical (unpaired) electrons. The third-order valence-electron chi connectivity index (χ3n) is 3.47. The Morgan fingerprint density at radius 1 is 1.14 bits per heavy atom. The van der Waals surface area contributed by atoms with Gasteiger partial charge in [0.05, 0.1) is 0 Å². The van der Waals surface area contributed by atoms with Crippen LogP contribution in [-0.2, 0) is 12.8 Å². The Bertz CT molecular complexity index is 558. The van der Waals surface area contributed by atoms with Gasteiger partial charge >= 0.3 is 0 Å². The van der Waals surface area contributed by atoms with Crippen LogP contribution in [0.25, 0.3) is 0 Å². The highest BCUT2D eigenvalue weighted by molar-refractivity contribution is 5.20. The van der Waals surface area contributed by atoms with Gasteiger partial charge in [-0.1, -0.05) is 25.1 Å². The minimum atomic E-state index is -0.785. The van der Waals surface area contributed by atoms with Crippen molar-refractivity contribution in [2.24, 2.45) is 0 Å². The zero-order valence-corrected chi connectivity index (χ0v) is 12.2. The third-order valence-corrected chi connectivity index (χ3v) is 3.47. The molecular weight excluding hydrogens is 270 g/mol. The molecule has 1 aromatic heterocycles. The molecule has 0 bridgehead atoms. The van der Waals surface area contributed by atoms with Crippen LogP contribution in [0.1, 0.15) is 24.6 Å². The van der Waals surface area contributed by atoms with Gasteiger partial charge in [0.25, 0.3) is 0 Å². The predicted octanol–water partition coefficient (Wildman–Crippen LogP) is 3.51. The number of rotatable bonds is 7. The Kier molecular flexibility index (Phi) is 5.81. The first-order valence-electron chi connectivity index (χ1n) is 7.27. The van der Waals surface area contributed by atoms with Gasteiger partial charge in [0.2, 0.25) is 0 Å². The summed E-state index contributed by atoms with van der Waals surface area (Å²) in [5.41, 5.74) is 1.43. The first kappa shape index (κ1) is 15.6. The fraction of sp³-hybridized carbons (Fsp3) is 0.353. The standard InChI is InChI=1S/C17H20F2N2/c1-2-20-15(10-9-14-7-3-4-11-21-14)12-13-6-5-8-16(18)17(13)19/h3-8,11,15,20H,2,9-10,12H2,1H3. The first-order valence-corrected chi connectivity index (χ1v) is 7.27. The van der Waals surface area contributed by atoms with Gasteiger partial charge in [-0.15, -0.1) is 0 Å². The van der Waals surface area contributed by atoms with E-state index in [9.17, 15) is 8.78 Å². The molecule has 21 heavy (non-hydrogen) atoms. The zero-order valence-electron chi connectivity index (χ0n) is 12.2. The van der Waals surface area contributed by atoms with Gasteiger partial charge in [0.1, 0.15) is 0 Å². The summed E-state index contributed by atoms with van der Waals surface area (Å²) >= 11 is 0. The summed E-state index contributed by atoms with van der Waals surface area (Å²) in [5.74, 6) is -1.52. The average molecular weight is 290 g/mol. The maximum atomic E-state index is 13.8. The van der Waals surface area contributed by atoms with Gasteiger partial charge in [0, 0.05) is 17.9 Å². The lowest BCUT2D eigenvalue weighted by Gasteiger charge is -2.18. The number of pyridine rings is 1. The molecule has 2 aromatic rings. The Balaban J connectivity index is 2.00. The number of hydrogen-bond donors (Lipinski definition) is 1. The van der Waals surface area contributed by atoms with Crippen LogP contribution in [0.5, 0.6) is 0 Å². The van der Waals surface area contributed by atoms with Crippen LogP contribution in [0.3, 0.4) is 0 Å². The zero-order chi connectivity index (χ0) is 15.1. The number of likely N-dealkylation sites (N-methyl/N-ethyl adjacent to an activating group) is 1. The molecule has 1 heterocycles. The molecule has 0 amide bonds. The van der Waals surface area contributed by atoms with Gasteiger partial charge in [-0.2, -0.15) is 0 Å². The number of nitrogens with one attached hydrogen (secondary N) is 1. The highest BCUT2D eigenvalue weighted by Crippen LogP contribution is 2.15. The molecule has 1 unspecified atom stereocenters. The van der Waals surface area contributed by atoms with Gasteiger partial charge in [-0.25, -0.2) is 8.78 Å². The van der Waals surface area contributed by atoms with Crippen molar-refractivity contribution in [1.82, 2.24) is 10.3 Å². The fourth-order valence-corrected chi connectivity index (χ4v) is 2.40. The Morgan fingerprint density at radius 2 is 2.00 bits per heavy atom. The molecule has 0 aliphatic heterocycles. The van der Waals surface area contributed by atoms with E-state index in [0.717, 1.165) is 31.1 Å². The molecule has 112 valence electrons. The molecule has 0 saturated heterocycles. The van der Waals surface area contributed by atoms with Gasteiger partial charge in [-0.05, 0) is 49.6 Å². The van der Waals surface area contributed by atoms with Crippen LogP contribution >= 0.6 is 0 Å². The van der Waals surface area contributed by atoms with Crippen molar-refractivity contribution in [3.05, 3.63) is 65.5 Å². The SMILES string of the molecule is CCNC(CCc1ccccn1)Cc1cccc(F)c1F. The van der Waals surface area contributed by atoms with E-state index in [4.69, 9.17) is 0 Å². The van der Waals surface area contributed by atoms with Crippen molar-refractivity contribution in [1.29, 1.82) is 0 Å². The summed E-state index contributed by atoms with van der Waals surface area (Å²) in [4.78, 5) is 4.29. The largest absolute Gasteiger partial charge is 0.314 e. The van der Waals surface area contributed by atoms with Crippen LogP contribution in [0.4, 0.5) is 8.78 Å². The minimum absolute atomic E-state index is 0.105. The molecule has 0 fully saturated rings. The van der Waals surface area contributed by atoms with Crippen LogP contribution in [-0.4, -0.2) is 17.6 Å². The van der Waals surface area contributed by atoms with Crippen molar-refractivity contribution in [3.63, 3.8) is 0 Å². The van der Waals surface area contributed by atoms with E-state index >= 15 is 0 Å². The van der Waals surface area contributed by atoms with E-state index in [2.05, 4.69) is 10.3 Å². The fourth-order valence-electron chi connectivity index (χ4n) is 2.40. The van der Waals surface area contributed by atoms with E-state index in [0.29, 0.717) is 12.0 Å². The second-order valence-electron chi connectivity index (χ2n) is 5.03. The molecule has 0 spiro atoms. The summed E-state index contributed by atoms with van der Waals surface area (Å²) in [5, 5.41) is 3.33. The molecule has 1 aromatic carbocycles. The molecule has 0 saturated carbocycles. The number of nitrogens with zero attached hydrogens (tertiary/aromatic N) is 1. The molecule has 2 nitrogen and oxygen atoms in total. The van der Waals surface area contributed by atoms with Crippen LogP contribution in [0.2, 0.25) is 0 Å². The molecule has 0 aliphatic rings. The number of aromatic nitrogens is 1. The normalized spacial score (nSPS) is 12.3. The minimum Gasteiger partial charge on any atom is -0.314 e. The second-order valence-corrected chi connectivity index (χ2v) is 5.03. The monoisotopic (exact) mass is 290 g/mol. The number of hydrogen-bond acceptors (Lipinski definition) is 2. The van der Waals surface area contributed by atoms with Crippen LogP contribution in [0.15, 0.2) is 42.6 Å². The summed E-state index contributed by atoms with van der Waals surface area (Å²) < 4.78 is 27.0. The topological polar surface area (TPSA) is 24.9 Å². The number of benzene rings is 1. The summed E-state index contributed by atoms with van der Waals surface area (Å²) in [6.45, 7) is 2.81. The Morgan fingerprint density at radius 3 is 2.71 bits per heavy atom. The summed E-state index contributed by atoms with van der Waals surface area (Å²) in [6, 6.07) is 10.3. The van der Waals surface area contributed by atoms with E-state index in [-0.39, 0.29) is 6.04 Å². The van der Waals surface area contributed by atoms with Crippen molar-refractivity contribution >= 4 is 0 Å². The smallest absolute Gasteiger partial charge is 0.162 e. The average Bonchev–Trinajstić information content (AvgIpc) is 2.50. The highest BCUT2D eigenvalue weighted by Gasteiger charge is 2.14. The quantitative estimate of drug-likeness (QED) is 0.844. The van der Waals surface area contributed by atoms with E-state index in [1.54, 1.807) is 18.3 Å². The first-order chi connectivity index (χ1) is 10.2. The van der Waals surface area contributed by atoms with Crippen molar-refractivity contribution in [2.75, 3.05) is 6.54 Å². The number of halogens is 2. The molecule has 2 rings (SSSR count). The lowest BCUT2D eigenvalue weighted by atomic mass is 10.00. The predicted molar refractivity (Wildman–Crippen MR) is 80.1 cm³/mol. The van der Waals surface area contributed by atoms with E-state index in [1.807, 2.05) is 25.1 Å². The lowest BCUT2D eigenvalue weighted by Crippen LogP contribution is -2.32. The molecule has 4 heteroatoms. The van der Waals surface area contributed by atoms with Gasteiger partial charge in [0.15, 0.2) is 11.6 Å². The van der Waals surface area contributed by atoms with Crippen molar-refractivity contribution in [2.45, 2.75) is 32.2 Å². The Hall–Kier alpha value is -1.81. The van der Waals surface area contributed by atoms with Crippen molar-refractivity contribution < 1.29 is 8.78 Å². The number of aryl methyl sites for hydroxylation is 1. The van der Waals surface area contributed by atoms with Crippen molar-refractivity contribution in [3.8, 4) is 0 Å². The second kappa shape index (κ2) is 7.84. The van der Waals surface area contributed by atoms with Crippen LogP contribution in [0, 0.1) is 11.6 Å². The van der Waals surface area contributed by atoms with E-state index < -0.39 is 11.6 Å². The molecule has 1 atom stereocenters. The van der Waals surface area contributed by atoms with Gasteiger partial charge < -0.3 is 5.32 Å². The summed E-state index contributed by atoms with van der Waals surface area (Å²) in [6.07, 6.45) is 3.89. The summed E-state index contributed by atoms with van der Waals surface area (Å²) in [7, 11) is 0. The van der Waals surface area contributed by atoms with Gasteiger partial charge in [-0.3, -0.25) is 4.98 Å². The maximum Gasteiger partial charge on any atom is 0.162 e.